The standard InChI is InChI=1S/C22H28N2O2S/c1-2-26-21-11-4-3-10-20(21)22(25)23-16-13-17-7-5-8-18(14-16)24(17)15-19-9-6-12-27-19/h3-4,6,9-12,16-18H,2,5,7-8,13-15H2,1H3,(H,23,25)/p+1/t16?,17-,18+. The van der Waals surface area contributed by atoms with Gasteiger partial charge in [-0.2, -0.15) is 0 Å². The molecule has 5 heteroatoms. The number of rotatable bonds is 6. The first-order chi connectivity index (χ1) is 13.2. The third-order valence-electron chi connectivity index (χ3n) is 6.02. The Balaban J connectivity index is 1.42. The second-order valence-electron chi connectivity index (χ2n) is 7.73. The van der Waals surface area contributed by atoms with E-state index in [1.165, 1.54) is 24.1 Å². The lowest BCUT2D eigenvalue weighted by molar-refractivity contribution is -0.973. The number of fused-ring (bicyclic) bond motifs is 2. The van der Waals surface area contributed by atoms with Gasteiger partial charge in [0.15, 0.2) is 0 Å². The number of benzene rings is 1. The van der Waals surface area contributed by atoms with Gasteiger partial charge in [0.25, 0.3) is 5.91 Å². The SMILES string of the molecule is CCOc1ccccc1C(=O)NC1C[C@H]2CCC[C@@H](C1)[NH+]2Cc1cccs1. The maximum atomic E-state index is 12.9. The van der Waals surface area contributed by atoms with E-state index in [4.69, 9.17) is 4.74 Å². The molecule has 2 aromatic rings. The predicted octanol–water partition coefficient (Wildman–Crippen LogP) is 3.05. The second-order valence-corrected chi connectivity index (χ2v) is 8.76. The van der Waals surface area contributed by atoms with Crippen LogP contribution in [0.15, 0.2) is 41.8 Å². The van der Waals surface area contributed by atoms with E-state index in [1.54, 1.807) is 4.90 Å². The third-order valence-corrected chi connectivity index (χ3v) is 6.89. The van der Waals surface area contributed by atoms with Crippen molar-refractivity contribution in [2.24, 2.45) is 0 Å². The molecule has 1 aromatic carbocycles. The average molecular weight is 386 g/mol. The van der Waals surface area contributed by atoms with Gasteiger partial charge in [-0.1, -0.05) is 18.2 Å². The van der Waals surface area contributed by atoms with Crippen LogP contribution in [0.3, 0.4) is 0 Å². The minimum absolute atomic E-state index is 0.00355. The molecule has 0 spiro atoms. The van der Waals surface area contributed by atoms with Crippen LogP contribution in [-0.2, 0) is 6.54 Å². The zero-order valence-corrected chi connectivity index (χ0v) is 16.8. The van der Waals surface area contributed by atoms with Crippen molar-refractivity contribution in [3.8, 4) is 5.75 Å². The van der Waals surface area contributed by atoms with E-state index in [2.05, 4.69) is 22.8 Å². The molecule has 0 saturated carbocycles. The summed E-state index contributed by atoms with van der Waals surface area (Å²) < 4.78 is 5.63. The highest BCUT2D eigenvalue weighted by molar-refractivity contribution is 7.09. The van der Waals surface area contributed by atoms with Gasteiger partial charge in [0.2, 0.25) is 0 Å². The number of carbonyl (C=O) groups is 1. The molecule has 2 bridgehead atoms. The summed E-state index contributed by atoms with van der Waals surface area (Å²) in [6.07, 6.45) is 6.05. The molecule has 1 aromatic heterocycles. The molecule has 0 radical (unpaired) electrons. The number of thiophene rings is 1. The van der Waals surface area contributed by atoms with Crippen molar-refractivity contribution in [3.63, 3.8) is 0 Å². The Labute approximate surface area is 165 Å². The zero-order chi connectivity index (χ0) is 18.6. The molecule has 2 saturated heterocycles. The molecule has 2 N–H and O–H groups in total. The number of piperidine rings is 2. The van der Waals surface area contributed by atoms with Gasteiger partial charge >= 0.3 is 0 Å². The fourth-order valence-electron chi connectivity index (χ4n) is 4.86. The van der Waals surface area contributed by atoms with Crippen LogP contribution in [0.4, 0.5) is 0 Å². The van der Waals surface area contributed by atoms with E-state index in [9.17, 15) is 4.79 Å². The molecular formula is C22H29N2O2S+. The summed E-state index contributed by atoms with van der Waals surface area (Å²) >= 11 is 1.87. The van der Waals surface area contributed by atoms with Crippen LogP contribution in [-0.4, -0.2) is 30.6 Å². The summed E-state index contributed by atoms with van der Waals surface area (Å²) in [5.74, 6) is 0.683. The van der Waals surface area contributed by atoms with Crippen LogP contribution in [0.2, 0.25) is 0 Å². The van der Waals surface area contributed by atoms with Crippen molar-refractivity contribution in [1.29, 1.82) is 0 Å². The number of amides is 1. The largest absolute Gasteiger partial charge is 0.493 e. The number of hydrogen-bond acceptors (Lipinski definition) is 3. The quantitative estimate of drug-likeness (QED) is 0.803. The van der Waals surface area contributed by atoms with Crippen LogP contribution in [0.1, 0.15) is 54.3 Å². The topological polar surface area (TPSA) is 42.8 Å². The molecule has 4 atom stereocenters. The molecule has 4 nitrogen and oxygen atoms in total. The molecule has 27 heavy (non-hydrogen) atoms. The maximum Gasteiger partial charge on any atom is 0.255 e. The van der Waals surface area contributed by atoms with Crippen molar-refractivity contribution in [3.05, 3.63) is 52.2 Å². The molecule has 2 aliphatic rings. The Kier molecular flexibility index (Phi) is 5.79. The third kappa shape index (κ3) is 4.19. The van der Waals surface area contributed by atoms with E-state index in [-0.39, 0.29) is 11.9 Å². The molecule has 1 amide bonds. The number of nitrogens with one attached hydrogen (secondary N) is 2. The minimum Gasteiger partial charge on any atom is -0.493 e. The van der Waals surface area contributed by atoms with Crippen molar-refractivity contribution in [1.82, 2.24) is 5.32 Å². The lowest BCUT2D eigenvalue weighted by Crippen LogP contribution is -3.20. The zero-order valence-electron chi connectivity index (χ0n) is 15.9. The fraction of sp³-hybridized carbons (Fsp3) is 0.500. The van der Waals surface area contributed by atoms with E-state index < -0.39 is 0 Å². The van der Waals surface area contributed by atoms with Gasteiger partial charge in [-0.15, -0.1) is 11.3 Å². The number of ether oxygens (including phenoxy) is 1. The van der Waals surface area contributed by atoms with Gasteiger partial charge in [0, 0.05) is 18.9 Å². The second kappa shape index (κ2) is 8.44. The number of para-hydroxylation sites is 1. The van der Waals surface area contributed by atoms with Gasteiger partial charge < -0.3 is 15.0 Å². The van der Waals surface area contributed by atoms with Crippen LogP contribution in [0, 0.1) is 0 Å². The van der Waals surface area contributed by atoms with E-state index >= 15 is 0 Å². The Bertz CT molecular complexity index is 747. The van der Waals surface area contributed by atoms with Gasteiger partial charge in [-0.05, 0) is 49.8 Å². The summed E-state index contributed by atoms with van der Waals surface area (Å²) in [5, 5.41) is 5.49. The smallest absolute Gasteiger partial charge is 0.255 e. The predicted molar refractivity (Wildman–Crippen MR) is 109 cm³/mol. The first kappa shape index (κ1) is 18.5. The van der Waals surface area contributed by atoms with Crippen molar-refractivity contribution in [2.45, 2.75) is 63.7 Å². The van der Waals surface area contributed by atoms with Crippen molar-refractivity contribution in [2.75, 3.05) is 6.61 Å². The minimum atomic E-state index is 0.00355. The highest BCUT2D eigenvalue weighted by Gasteiger charge is 2.42. The highest BCUT2D eigenvalue weighted by atomic mass is 32.1. The molecule has 2 aliphatic heterocycles. The van der Waals surface area contributed by atoms with Crippen molar-refractivity contribution < 1.29 is 14.4 Å². The van der Waals surface area contributed by atoms with Gasteiger partial charge in [0.05, 0.1) is 29.1 Å². The molecule has 3 heterocycles. The molecule has 2 unspecified atom stereocenters. The summed E-state index contributed by atoms with van der Waals surface area (Å²) in [4.78, 5) is 16.1. The van der Waals surface area contributed by atoms with Crippen LogP contribution in [0.25, 0.3) is 0 Å². The summed E-state index contributed by atoms with van der Waals surface area (Å²) in [5.41, 5.74) is 0.651. The average Bonchev–Trinajstić information content (AvgIpc) is 3.16. The lowest BCUT2D eigenvalue weighted by Gasteiger charge is -2.45. The molecular weight excluding hydrogens is 356 g/mol. The molecule has 144 valence electrons. The van der Waals surface area contributed by atoms with Crippen LogP contribution < -0.4 is 15.0 Å². The van der Waals surface area contributed by atoms with Crippen molar-refractivity contribution >= 4 is 17.2 Å². The first-order valence-electron chi connectivity index (χ1n) is 10.1. The van der Waals surface area contributed by atoms with Gasteiger partial charge in [0.1, 0.15) is 12.3 Å². The van der Waals surface area contributed by atoms with E-state index in [0.29, 0.717) is 30.0 Å². The lowest BCUT2D eigenvalue weighted by atomic mass is 9.81. The van der Waals surface area contributed by atoms with E-state index in [0.717, 1.165) is 19.4 Å². The molecule has 2 fully saturated rings. The summed E-state index contributed by atoms with van der Waals surface area (Å²) in [6, 6.07) is 13.6. The number of carbonyl (C=O) groups excluding carboxylic acids is 1. The Morgan fingerprint density at radius 2 is 1.96 bits per heavy atom. The molecule has 0 aliphatic carbocycles. The summed E-state index contributed by atoms with van der Waals surface area (Å²) in [6.45, 7) is 3.65. The highest BCUT2D eigenvalue weighted by Crippen LogP contribution is 2.24. The fourth-order valence-corrected chi connectivity index (χ4v) is 5.60. The normalized spacial score (nSPS) is 27.1. The van der Waals surface area contributed by atoms with Gasteiger partial charge in [-0.25, -0.2) is 0 Å². The number of hydrogen-bond donors (Lipinski definition) is 2. The number of quaternary nitrogens is 1. The van der Waals surface area contributed by atoms with Crippen LogP contribution in [0.5, 0.6) is 5.75 Å². The maximum absolute atomic E-state index is 12.9. The van der Waals surface area contributed by atoms with E-state index in [1.807, 2.05) is 42.5 Å². The first-order valence-corrected chi connectivity index (χ1v) is 11.0. The van der Waals surface area contributed by atoms with Gasteiger partial charge in [-0.3, -0.25) is 4.79 Å². The summed E-state index contributed by atoms with van der Waals surface area (Å²) in [7, 11) is 0. The Morgan fingerprint density at radius 1 is 1.19 bits per heavy atom. The monoisotopic (exact) mass is 385 g/mol. The Hall–Kier alpha value is -1.85. The van der Waals surface area contributed by atoms with Crippen LogP contribution >= 0.6 is 11.3 Å². The molecule has 4 rings (SSSR count). The Morgan fingerprint density at radius 3 is 2.67 bits per heavy atom.